The number of nitrogens with one attached hydrogen (secondary N) is 3. The van der Waals surface area contributed by atoms with Crippen LogP contribution in [0.3, 0.4) is 0 Å². The Labute approximate surface area is 167 Å². The summed E-state index contributed by atoms with van der Waals surface area (Å²) in [6.45, 7) is 3.60. The van der Waals surface area contributed by atoms with Crippen molar-refractivity contribution in [2.45, 2.75) is 44.9 Å². The van der Waals surface area contributed by atoms with Gasteiger partial charge in [-0.05, 0) is 69.0 Å². The van der Waals surface area contributed by atoms with Crippen LogP contribution in [0.1, 0.15) is 59.6 Å². The van der Waals surface area contributed by atoms with Gasteiger partial charge in [-0.3, -0.25) is 4.79 Å². The van der Waals surface area contributed by atoms with Crippen molar-refractivity contribution in [1.29, 1.82) is 0 Å². The van der Waals surface area contributed by atoms with Crippen LogP contribution in [0.25, 0.3) is 0 Å². The summed E-state index contributed by atoms with van der Waals surface area (Å²) < 4.78 is 0. The minimum absolute atomic E-state index is 0.148. The fourth-order valence-corrected chi connectivity index (χ4v) is 3.28. The second kappa shape index (κ2) is 9.55. The van der Waals surface area contributed by atoms with Crippen molar-refractivity contribution in [2.75, 3.05) is 36.1 Å². The van der Waals surface area contributed by atoms with Gasteiger partial charge >= 0.3 is 0 Å². The van der Waals surface area contributed by atoms with Crippen LogP contribution < -0.4 is 21.7 Å². The Balaban J connectivity index is 1.72. The molecule has 1 aliphatic carbocycles. The fourth-order valence-electron chi connectivity index (χ4n) is 3.28. The van der Waals surface area contributed by atoms with Gasteiger partial charge in [0.05, 0.1) is 5.56 Å². The second-order valence-electron chi connectivity index (χ2n) is 7.41. The molecule has 1 heterocycles. The van der Waals surface area contributed by atoms with Gasteiger partial charge in [-0.1, -0.05) is 12.5 Å². The van der Waals surface area contributed by atoms with E-state index in [1.807, 2.05) is 37.4 Å². The largest absolute Gasteiger partial charge is 0.388 e. The molecule has 6 heteroatoms. The number of hydrogen-bond donors (Lipinski definition) is 4. The van der Waals surface area contributed by atoms with Crippen molar-refractivity contribution < 1.29 is 4.79 Å². The average molecular weight is 382 g/mol. The molecule has 2 aromatic rings. The molecule has 0 radical (unpaired) electrons. The molecule has 0 unspecified atom stereocenters. The van der Waals surface area contributed by atoms with Crippen LogP contribution in [0.2, 0.25) is 0 Å². The number of aromatic nitrogens is 1. The van der Waals surface area contributed by atoms with Gasteiger partial charge in [0, 0.05) is 36.6 Å². The number of unbranched alkanes of at least 4 members (excludes halogenated alkanes) is 2. The smallest absolute Gasteiger partial charge is 0.258 e. The molecule has 1 amide bonds. The van der Waals surface area contributed by atoms with Gasteiger partial charge in [-0.15, -0.1) is 0 Å². The first kappa shape index (κ1) is 20.1. The molecule has 0 spiro atoms. The van der Waals surface area contributed by atoms with E-state index >= 15 is 0 Å². The number of anilines is 3. The summed E-state index contributed by atoms with van der Waals surface area (Å²) in [5, 5.41) is 9.50. The highest BCUT2D eigenvalue weighted by molar-refractivity contribution is 6.08. The minimum atomic E-state index is -0.148. The lowest BCUT2D eigenvalue weighted by molar-refractivity contribution is 0.102. The maximum Gasteiger partial charge on any atom is 0.258 e. The summed E-state index contributed by atoms with van der Waals surface area (Å²) in [6, 6.07) is 9.64. The molecule has 150 valence electrons. The SMILES string of the molecule is CNc1ccc(C(=O)Nc2ccc(C)c(C3CC3)n2)c(NCCCCCN)c1. The number of hydrogen-bond acceptors (Lipinski definition) is 5. The van der Waals surface area contributed by atoms with Crippen molar-refractivity contribution in [1.82, 2.24) is 4.98 Å². The van der Waals surface area contributed by atoms with E-state index in [2.05, 4.69) is 27.9 Å². The van der Waals surface area contributed by atoms with Crippen molar-refractivity contribution in [3.05, 3.63) is 47.2 Å². The van der Waals surface area contributed by atoms with E-state index in [0.717, 1.165) is 49.4 Å². The zero-order valence-corrected chi connectivity index (χ0v) is 16.8. The summed E-state index contributed by atoms with van der Waals surface area (Å²) in [6.07, 6.45) is 5.50. The summed E-state index contributed by atoms with van der Waals surface area (Å²) in [7, 11) is 1.87. The van der Waals surface area contributed by atoms with Gasteiger partial charge in [0.15, 0.2) is 0 Å². The second-order valence-corrected chi connectivity index (χ2v) is 7.41. The predicted molar refractivity (Wildman–Crippen MR) is 116 cm³/mol. The molecule has 3 rings (SSSR count). The number of amides is 1. The van der Waals surface area contributed by atoms with Crippen molar-refractivity contribution in [3.8, 4) is 0 Å². The summed E-state index contributed by atoms with van der Waals surface area (Å²) in [4.78, 5) is 17.6. The van der Waals surface area contributed by atoms with Crippen LogP contribution in [0.5, 0.6) is 0 Å². The van der Waals surface area contributed by atoms with Gasteiger partial charge in [0.2, 0.25) is 0 Å². The Bertz CT molecular complexity index is 817. The first-order valence-corrected chi connectivity index (χ1v) is 10.2. The highest BCUT2D eigenvalue weighted by atomic mass is 16.1. The summed E-state index contributed by atoms with van der Waals surface area (Å²) >= 11 is 0. The van der Waals surface area contributed by atoms with E-state index in [4.69, 9.17) is 5.73 Å². The van der Waals surface area contributed by atoms with E-state index in [1.54, 1.807) is 0 Å². The zero-order chi connectivity index (χ0) is 19.9. The van der Waals surface area contributed by atoms with Gasteiger partial charge in [-0.2, -0.15) is 0 Å². The lowest BCUT2D eigenvalue weighted by atomic mass is 10.1. The molecule has 1 aromatic carbocycles. The number of nitrogens with two attached hydrogens (primary N) is 1. The molecule has 1 fully saturated rings. The quantitative estimate of drug-likeness (QED) is 0.465. The van der Waals surface area contributed by atoms with Crippen LogP contribution in [-0.2, 0) is 0 Å². The number of carbonyl (C=O) groups is 1. The maximum atomic E-state index is 12.9. The number of pyridine rings is 1. The van der Waals surface area contributed by atoms with Crippen LogP contribution in [-0.4, -0.2) is 31.0 Å². The number of benzene rings is 1. The highest BCUT2D eigenvalue weighted by Crippen LogP contribution is 2.40. The Morgan fingerprint density at radius 3 is 2.71 bits per heavy atom. The van der Waals surface area contributed by atoms with E-state index in [9.17, 15) is 4.79 Å². The van der Waals surface area contributed by atoms with Crippen molar-refractivity contribution in [3.63, 3.8) is 0 Å². The Hall–Kier alpha value is -2.60. The molecular weight excluding hydrogens is 350 g/mol. The third-order valence-corrected chi connectivity index (χ3v) is 5.09. The van der Waals surface area contributed by atoms with Gasteiger partial charge in [0.1, 0.15) is 5.82 Å². The van der Waals surface area contributed by atoms with Crippen LogP contribution in [0.15, 0.2) is 30.3 Å². The van der Waals surface area contributed by atoms with Crippen molar-refractivity contribution >= 4 is 23.1 Å². The first-order valence-electron chi connectivity index (χ1n) is 10.2. The van der Waals surface area contributed by atoms with E-state index in [-0.39, 0.29) is 5.91 Å². The average Bonchev–Trinajstić information content (AvgIpc) is 3.54. The first-order chi connectivity index (χ1) is 13.6. The summed E-state index contributed by atoms with van der Waals surface area (Å²) in [5.41, 5.74) is 10.3. The monoisotopic (exact) mass is 381 g/mol. The lowest BCUT2D eigenvalue weighted by Crippen LogP contribution is -2.17. The molecule has 1 saturated carbocycles. The van der Waals surface area contributed by atoms with Gasteiger partial charge in [-0.25, -0.2) is 4.98 Å². The van der Waals surface area contributed by atoms with Crippen LogP contribution in [0, 0.1) is 6.92 Å². The lowest BCUT2D eigenvalue weighted by Gasteiger charge is -2.14. The number of rotatable bonds is 10. The number of nitrogens with zero attached hydrogens (tertiary/aromatic N) is 1. The molecular formula is C22H31N5O. The van der Waals surface area contributed by atoms with Gasteiger partial charge < -0.3 is 21.7 Å². The molecule has 6 nitrogen and oxygen atoms in total. The number of aryl methyl sites for hydroxylation is 1. The molecule has 1 aromatic heterocycles. The fraction of sp³-hybridized carbons (Fsp3) is 0.455. The molecule has 1 aliphatic rings. The zero-order valence-electron chi connectivity index (χ0n) is 16.8. The van der Waals surface area contributed by atoms with Gasteiger partial charge in [0.25, 0.3) is 5.91 Å². The van der Waals surface area contributed by atoms with Crippen molar-refractivity contribution in [2.24, 2.45) is 5.73 Å². The molecule has 5 N–H and O–H groups in total. The molecule has 0 bridgehead atoms. The molecule has 28 heavy (non-hydrogen) atoms. The third kappa shape index (κ3) is 5.23. The molecule has 0 atom stereocenters. The Morgan fingerprint density at radius 2 is 2.00 bits per heavy atom. The van der Waals surface area contributed by atoms with E-state index in [0.29, 0.717) is 17.3 Å². The molecule has 0 saturated heterocycles. The predicted octanol–water partition coefficient (Wildman–Crippen LogP) is 4.10. The standard InChI is InChI=1S/C22H31N5O/c1-15-6-11-20(26-21(15)16-7-8-16)27-22(28)18-10-9-17(24-2)14-19(18)25-13-5-3-4-12-23/h6,9-11,14,16,24-25H,3-5,7-8,12-13,23H2,1-2H3,(H,26,27,28). The topological polar surface area (TPSA) is 92.1 Å². The highest BCUT2D eigenvalue weighted by Gasteiger charge is 2.27. The third-order valence-electron chi connectivity index (χ3n) is 5.09. The van der Waals surface area contributed by atoms with E-state index in [1.165, 1.54) is 18.4 Å². The Kier molecular flexibility index (Phi) is 6.87. The normalized spacial score (nSPS) is 13.2. The maximum absolute atomic E-state index is 12.9. The van der Waals surface area contributed by atoms with Crippen LogP contribution in [0.4, 0.5) is 17.2 Å². The van der Waals surface area contributed by atoms with Crippen LogP contribution >= 0.6 is 0 Å². The summed E-state index contributed by atoms with van der Waals surface area (Å²) in [5.74, 6) is 1.02. The van der Waals surface area contributed by atoms with E-state index < -0.39 is 0 Å². The molecule has 0 aliphatic heterocycles. The minimum Gasteiger partial charge on any atom is -0.388 e. The number of carbonyl (C=O) groups excluding carboxylic acids is 1. The Morgan fingerprint density at radius 1 is 1.18 bits per heavy atom.